The maximum Gasteiger partial charge on any atom is 0.243 e. The number of hydrogen-bond donors (Lipinski definition) is 1. The zero-order chi connectivity index (χ0) is 17.7. The van der Waals surface area contributed by atoms with Gasteiger partial charge in [0.25, 0.3) is 0 Å². The Balaban J connectivity index is 1.70. The minimum Gasteiger partial charge on any atom is -0.490 e. The topological polar surface area (TPSA) is 58.6 Å². The zero-order valence-electron chi connectivity index (χ0n) is 15.1. The molecule has 25 heavy (non-hydrogen) atoms. The molecule has 1 heterocycles. The predicted molar refractivity (Wildman–Crippen MR) is 99.4 cm³/mol. The van der Waals surface area contributed by atoms with Gasteiger partial charge in [0.15, 0.2) is 0 Å². The van der Waals surface area contributed by atoms with Gasteiger partial charge in [0.1, 0.15) is 11.9 Å². The Hall–Kier alpha value is -1.11. The van der Waals surface area contributed by atoms with Crippen molar-refractivity contribution in [3.63, 3.8) is 0 Å². The summed E-state index contributed by atoms with van der Waals surface area (Å²) in [6.07, 6.45) is 7.62. The normalized spacial score (nSPS) is 20.7. The summed E-state index contributed by atoms with van der Waals surface area (Å²) in [6, 6.07) is 7.12. The van der Waals surface area contributed by atoms with Crippen LogP contribution >= 0.6 is 0 Å². The molecule has 0 aromatic heterocycles. The number of rotatable bonds is 6. The Morgan fingerprint density at radius 2 is 1.68 bits per heavy atom. The Morgan fingerprint density at radius 3 is 2.28 bits per heavy atom. The lowest BCUT2D eigenvalue weighted by molar-refractivity contribution is 0.162. The van der Waals surface area contributed by atoms with Gasteiger partial charge in [-0.15, -0.1) is 0 Å². The van der Waals surface area contributed by atoms with Gasteiger partial charge in [0.05, 0.1) is 4.90 Å². The van der Waals surface area contributed by atoms with Crippen molar-refractivity contribution in [1.29, 1.82) is 0 Å². The summed E-state index contributed by atoms with van der Waals surface area (Å²) < 4.78 is 33.7. The van der Waals surface area contributed by atoms with Crippen molar-refractivity contribution in [1.82, 2.24) is 9.62 Å². The van der Waals surface area contributed by atoms with E-state index >= 15 is 0 Å². The number of ether oxygens (including phenoxy) is 1. The average molecular weight is 367 g/mol. The molecule has 1 N–H and O–H groups in total. The van der Waals surface area contributed by atoms with Crippen molar-refractivity contribution in [3.05, 3.63) is 24.3 Å². The van der Waals surface area contributed by atoms with Gasteiger partial charge in [-0.3, -0.25) is 0 Å². The van der Waals surface area contributed by atoms with Crippen LogP contribution in [0.15, 0.2) is 29.2 Å². The molecule has 1 saturated carbocycles. The van der Waals surface area contributed by atoms with E-state index in [9.17, 15) is 8.42 Å². The lowest BCUT2D eigenvalue weighted by Crippen LogP contribution is -2.41. The molecular weight excluding hydrogens is 336 g/mol. The standard InChI is InChI=1S/C19H30N2O3S/c1-2-21(16-6-4-3-5-7-16)25(22,23)19-10-8-17(9-11-19)24-18-12-14-20-15-13-18/h8-11,16,18,20H,2-7,12-15H2,1H3. The molecule has 0 unspecified atom stereocenters. The van der Waals surface area contributed by atoms with Crippen LogP contribution in [0.5, 0.6) is 5.75 Å². The SMILES string of the molecule is CCN(C1CCCCC1)S(=O)(=O)c1ccc(OC2CCNCC2)cc1. The number of hydrogen-bond acceptors (Lipinski definition) is 4. The lowest BCUT2D eigenvalue weighted by atomic mass is 9.95. The molecule has 0 radical (unpaired) electrons. The van der Waals surface area contributed by atoms with E-state index in [1.165, 1.54) is 6.42 Å². The van der Waals surface area contributed by atoms with Crippen LogP contribution in [0, 0.1) is 0 Å². The highest BCUT2D eigenvalue weighted by atomic mass is 32.2. The van der Waals surface area contributed by atoms with E-state index in [0.29, 0.717) is 11.4 Å². The summed E-state index contributed by atoms with van der Waals surface area (Å²) in [5.74, 6) is 0.756. The van der Waals surface area contributed by atoms with Crippen LogP contribution < -0.4 is 10.1 Å². The third-order valence-corrected chi connectivity index (χ3v) is 7.35. The third kappa shape index (κ3) is 4.54. The van der Waals surface area contributed by atoms with Crippen LogP contribution in [0.3, 0.4) is 0 Å². The fraction of sp³-hybridized carbons (Fsp3) is 0.684. The molecule has 0 atom stereocenters. The maximum absolute atomic E-state index is 13.0. The summed E-state index contributed by atoms with van der Waals surface area (Å²) in [7, 11) is -3.43. The van der Waals surface area contributed by atoms with Gasteiger partial charge in [-0.05, 0) is 63.0 Å². The minimum atomic E-state index is -3.43. The first-order valence-electron chi connectivity index (χ1n) is 9.60. The second-order valence-corrected chi connectivity index (χ2v) is 8.93. The molecule has 0 spiro atoms. The molecule has 1 aromatic carbocycles. The molecular formula is C19H30N2O3S. The molecule has 3 rings (SSSR count). The number of piperidine rings is 1. The molecule has 0 bridgehead atoms. The van der Waals surface area contributed by atoms with Crippen LogP contribution in [0.1, 0.15) is 51.9 Å². The second kappa shape index (κ2) is 8.52. The van der Waals surface area contributed by atoms with Gasteiger partial charge in [0.2, 0.25) is 10.0 Å². The van der Waals surface area contributed by atoms with E-state index in [1.807, 2.05) is 6.92 Å². The van der Waals surface area contributed by atoms with Crippen LogP contribution in [-0.2, 0) is 10.0 Å². The smallest absolute Gasteiger partial charge is 0.243 e. The van der Waals surface area contributed by atoms with Gasteiger partial charge in [0, 0.05) is 12.6 Å². The van der Waals surface area contributed by atoms with E-state index in [4.69, 9.17) is 4.74 Å². The third-order valence-electron chi connectivity index (χ3n) is 5.31. The Labute approximate surface area is 151 Å². The molecule has 1 aliphatic carbocycles. The van der Waals surface area contributed by atoms with Crippen molar-refractivity contribution < 1.29 is 13.2 Å². The van der Waals surface area contributed by atoms with Gasteiger partial charge in [-0.1, -0.05) is 26.2 Å². The summed E-state index contributed by atoms with van der Waals surface area (Å²) in [5.41, 5.74) is 0. The van der Waals surface area contributed by atoms with E-state index in [0.717, 1.165) is 57.4 Å². The fourth-order valence-corrected chi connectivity index (χ4v) is 5.62. The van der Waals surface area contributed by atoms with Crippen molar-refractivity contribution in [3.8, 4) is 5.75 Å². The first-order valence-corrected chi connectivity index (χ1v) is 11.0. The molecule has 1 aromatic rings. The summed E-state index contributed by atoms with van der Waals surface area (Å²) in [5, 5.41) is 3.31. The highest BCUT2D eigenvalue weighted by Crippen LogP contribution is 2.28. The quantitative estimate of drug-likeness (QED) is 0.840. The largest absolute Gasteiger partial charge is 0.490 e. The molecule has 1 saturated heterocycles. The van der Waals surface area contributed by atoms with E-state index in [-0.39, 0.29) is 12.1 Å². The predicted octanol–water partition coefficient (Wildman–Crippen LogP) is 3.16. The van der Waals surface area contributed by atoms with Crippen molar-refractivity contribution in [2.45, 2.75) is 68.9 Å². The van der Waals surface area contributed by atoms with Crippen LogP contribution in [0.25, 0.3) is 0 Å². The molecule has 140 valence electrons. The summed E-state index contributed by atoms with van der Waals surface area (Å²) >= 11 is 0. The number of nitrogens with zero attached hydrogens (tertiary/aromatic N) is 1. The number of benzene rings is 1. The fourth-order valence-electron chi connectivity index (χ4n) is 3.92. The highest BCUT2D eigenvalue weighted by molar-refractivity contribution is 7.89. The molecule has 0 amide bonds. The Kier molecular flexibility index (Phi) is 6.36. The number of nitrogens with one attached hydrogen (secondary N) is 1. The molecule has 1 aliphatic heterocycles. The molecule has 6 heteroatoms. The molecule has 2 fully saturated rings. The van der Waals surface area contributed by atoms with E-state index in [2.05, 4.69) is 5.32 Å². The second-order valence-electron chi connectivity index (χ2n) is 7.04. The van der Waals surface area contributed by atoms with Crippen molar-refractivity contribution >= 4 is 10.0 Å². The van der Waals surface area contributed by atoms with Gasteiger partial charge < -0.3 is 10.1 Å². The van der Waals surface area contributed by atoms with Gasteiger partial charge >= 0.3 is 0 Å². The Morgan fingerprint density at radius 1 is 1.04 bits per heavy atom. The first-order chi connectivity index (χ1) is 12.1. The average Bonchev–Trinajstić information content (AvgIpc) is 2.64. The van der Waals surface area contributed by atoms with Gasteiger partial charge in [-0.2, -0.15) is 4.31 Å². The maximum atomic E-state index is 13.0. The highest BCUT2D eigenvalue weighted by Gasteiger charge is 2.31. The van der Waals surface area contributed by atoms with Crippen LogP contribution in [-0.4, -0.2) is 44.5 Å². The lowest BCUT2D eigenvalue weighted by Gasteiger charge is -2.32. The zero-order valence-corrected chi connectivity index (χ0v) is 15.9. The van der Waals surface area contributed by atoms with Crippen LogP contribution in [0.2, 0.25) is 0 Å². The van der Waals surface area contributed by atoms with Crippen LogP contribution in [0.4, 0.5) is 0 Å². The molecule has 5 nitrogen and oxygen atoms in total. The van der Waals surface area contributed by atoms with Crippen molar-refractivity contribution in [2.24, 2.45) is 0 Å². The van der Waals surface area contributed by atoms with Crippen molar-refractivity contribution in [2.75, 3.05) is 19.6 Å². The minimum absolute atomic E-state index is 0.148. The summed E-state index contributed by atoms with van der Waals surface area (Å²) in [6.45, 7) is 4.41. The first kappa shape index (κ1) is 18.7. The Bertz CT molecular complexity index is 633. The van der Waals surface area contributed by atoms with E-state index in [1.54, 1.807) is 28.6 Å². The monoisotopic (exact) mass is 366 g/mol. The summed E-state index contributed by atoms with van der Waals surface area (Å²) in [4.78, 5) is 0.373. The molecule has 2 aliphatic rings. The van der Waals surface area contributed by atoms with Gasteiger partial charge in [-0.25, -0.2) is 8.42 Å². The van der Waals surface area contributed by atoms with E-state index < -0.39 is 10.0 Å². The number of sulfonamides is 1.